The van der Waals surface area contributed by atoms with Gasteiger partial charge in [0.05, 0.1) is 12.1 Å². The van der Waals surface area contributed by atoms with E-state index in [-0.39, 0.29) is 17.9 Å². The van der Waals surface area contributed by atoms with E-state index in [0.717, 1.165) is 35.0 Å². The molecule has 9 nitrogen and oxygen atoms in total. The molecule has 0 spiro atoms. The maximum absolute atomic E-state index is 12.8. The minimum Gasteiger partial charge on any atom is -0.354 e. The van der Waals surface area contributed by atoms with Crippen LogP contribution in [0.2, 0.25) is 0 Å². The number of nitrogens with zero attached hydrogens (tertiary/aromatic N) is 5. The molecule has 0 radical (unpaired) electrons. The molecule has 28 heavy (non-hydrogen) atoms. The summed E-state index contributed by atoms with van der Waals surface area (Å²) in [5.41, 5.74) is 6.34. The fourth-order valence-electron chi connectivity index (χ4n) is 2.34. The fourth-order valence-corrected chi connectivity index (χ4v) is 2.34. The first-order valence-corrected chi connectivity index (χ1v) is 7.65. The lowest BCUT2D eigenvalue weighted by molar-refractivity contribution is -0.137. The highest BCUT2D eigenvalue weighted by Gasteiger charge is 2.30. The maximum Gasteiger partial charge on any atom is 0.416 e. The van der Waals surface area contributed by atoms with Gasteiger partial charge in [-0.3, -0.25) is 14.2 Å². The molecule has 0 saturated heterocycles. The van der Waals surface area contributed by atoms with Crippen LogP contribution < -0.4 is 5.56 Å². The lowest BCUT2D eigenvalue weighted by Crippen LogP contribution is -2.33. The van der Waals surface area contributed by atoms with Crippen molar-refractivity contribution in [2.45, 2.75) is 19.0 Å². The number of rotatable bonds is 6. The zero-order valence-corrected chi connectivity index (χ0v) is 14.7. The minimum absolute atomic E-state index is 0.0182. The minimum atomic E-state index is -4.52. The monoisotopic (exact) mass is 397 g/mol. The Morgan fingerprint density at radius 3 is 2.39 bits per heavy atom. The molecule has 2 rings (SSSR count). The molecular weight excluding hydrogens is 383 g/mol. The van der Waals surface area contributed by atoms with Crippen molar-refractivity contribution in [2.24, 2.45) is 5.11 Å². The first-order valence-electron chi connectivity index (χ1n) is 7.65. The lowest BCUT2D eigenvalue weighted by atomic mass is 10.1. The van der Waals surface area contributed by atoms with Crippen molar-refractivity contribution in [3.05, 3.63) is 62.4 Å². The van der Waals surface area contributed by atoms with Gasteiger partial charge >= 0.3 is 6.18 Å². The number of hydrogen-bond acceptors (Lipinski definition) is 5. The molecule has 1 amide bonds. The average Bonchev–Trinajstić information content (AvgIpc) is 2.66. The average molecular weight is 397 g/mol. The number of halogens is 3. The Morgan fingerprint density at radius 1 is 1.29 bits per heavy atom. The van der Waals surface area contributed by atoms with Crippen LogP contribution in [-0.2, 0) is 22.2 Å². The van der Waals surface area contributed by atoms with Crippen LogP contribution in [0, 0.1) is 0 Å². The van der Waals surface area contributed by atoms with Crippen LogP contribution in [0.3, 0.4) is 0 Å². The van der Waals surface area contributed by atoms with Crippen LogP contribution in [0.5, 0.6) is 0 Å². The van der Waals surface area contributed by atoms with Crippen molar-refractivity contribution in [3.8, 4) is 11.4 Å². The maximum atomic E-state index is 12.8. The van der Waals surface area contributed by atoms with E-state index < -0.39 is 35.1 Å². The number of aromatic nitrogens is 2. The van der Waals surface area contributed by atoms with Crippen LogP contribution >= 0.6 is 0 Å². The Kier molecular flexibility index (Phi) is 6.52. The molecule has 0 bridgehead atoms. The Bertz CT molecular complexity index is 962. The molecule has 12 heteroatoms. The molecule has 0 aliphatic carbocycles. The second-order valence-electron chi connectivity index (χ2n) is 5.38. The van der Waals surface area contributed by atoms with E-state index in [1.54, 1.807) is 0 Å². The van der Waals surface area contributed by atoms with Crippen molar-refractivity contribution < 1.29 is 27.4 Å². The normalized spacial score (nSPS) is 11.4. The number of methoxy groups -OCH3 is 2. The van der Waals surface area contributed by atoms with Crippen molar-refractivity contribution in [2.75, 3.05) is 14.2 Å². The highest BCUT2D eigenvalue weighted by Crippen LogP contribution is 2.30. The summed E-state index contributed by atoms with van der Waals surface area (Å²) in [7, 11) is 2.64. The number of carbonyl (C=O) groups excluding carboxylic acids is 1. The Labute approximate surface area is 156 Å². The van der Waals surface area contributed by atoms with E-state index in [1.165, 1.54) is 14.2 Å². The van der Waals surface area contributed by atoms with Gasteiger partial charge in [0.2, 0.25) is 0 Å². The van der Waals surface area contributed by atoms with Gasteiger partial charge in [-0.05, 0) is 22.8 Å². The van der Waals surface area contributed by atoms with E-state index in [4.69, 9.17) is 15.0 Å². The van der Waals surface area contributed by atoms with E-state index >= 15 is 0 Å². The molecule has 2 aromatic rings. The molecule has 0 aliphatic heterocycles. The Balaban J connectivity index is 2.62. The predicted octanol–water partition coefficient (Wildman–Crippen LogP) is 3.00. The topological polar surface area (TPSA) is 119 Å². The molecule has 1 aromatic heterocycles. The van der Waals surface area contributed by atoms with Gasteiger partial charge in [0.1, 0.15) is 11.4 Å². The quantitative estimate of drug-likeness (QED) is 0.321. The van der Waals surface area contributed by atoms with Gasteiger partial charge in [-0.2, -0.15) is 13.2 Å². The third-order valence-corrected chi connectivity index (χ3v) is 3.74. The fraction of sp³-hybridized carbons (Fsp3) is 0.312. The van der Waals surface area contributed by atoms with Crippen molar-refractivity contribution in [1.82, 2.24) is 9.55 Å². The van der Waals surface area contributed by atoms with Crippen molar-refractivity contribution in [3.63, 3.8) is 0 Å². The van der Waals surface area contributed by atoms with Crippen LogP contribution in [0.25, 0.3) is 21.8 Å². The molecule has 0 aliphatic rings. The molecule has 148 valence electrons. The van der Waals surface area contributed by atoms with Gasteiger partial charge in [0.15, 0.2) is 6.29 Å². The first kappa shape index (κ1) is 21.1. The summed E-state index contributed by atoms with van der Waals surface area (Å²) in [6, 6.07) is 3.97. The lowest BCUT2D eigenvalue weighted by Gasteiger charge is -2.18. The van der Waals surface area contributed by atoms with Crippen LogP contribution in [0.4, 0.5) is 13.2 Å². The van der Waals surface area contributed by atoms with Crippen LogP contribution in [0.15, 0.2) is 40.4 Å². The number of amides is 1. The number of ether oxygens (including phenoxy) is 2. The molecular formula is C16H14F3N5O4. The first-order chi connectivity index (χ1) is 13.2. The van der Waals surface area contributed by atoms with E-state index in [1.807, 2.05) is 0 Å². The third-order valence-electron chi connectivity index (χ3n) is 3.74. The largest absolute Gasteiger partial charge is 0.416 e. The summed E-state index contributed by atoms with van der Waals surface area (Å²) in [6.45, 7) is -0.216. The number of alkyl halides is 3. The van der Waals surface area contributed by atoms with E-state index in [9.17, 15) is 22.8 Å². The predicted molar refractivity (Wildman–Crippen MR) is 90.2 cm³/mol. The van der Waals surface area contributed by atoms with Gasteiger partial charge in [-0.1, -0.05) is 12.1 Å². The summed E-state index contributed by atoms with van der Waals surface area (Å²) in [5.74, 6) is -1.16. The molecule has 0 unspecified atom stereocenters. The number of carbonyl (C=O) groups is 1. The smallest absolute Gasteiger partial charge is 0.354 e. The highest BCUT2D eigenvalue weighted by molar-refractivity contribution is 5.94. The van der Waals surface area contributed by atoms with Gasteiger partial charge in [-0.25, -0.2) is 4.98 Å². The summed E-state index contributed by atoms with van der Waals surface area (Å²) in [6.07, 6.45) is -4.52. The molecule has 0 fully saturated rings. The van der Waals surface area contributed by atoms with Gasteiger partial charge < -0.3 is 9.47 Å². The molecule has 0 atom stereocenters. The Morgan fingerprint density at radius 2 is 1.89 bits per heavy atom. The second kappa shape index (κ2) is 8.65. The number of azide groups is 1. The number of hydrogen-bond donors (Lipinski definition) is 0. The molecule has 1 heterocycles. The van der Waals surface area contributed by atoms with Crippen molar-refractivity contribution >= 4 is 5.91 Å². The van der Waals surface area contributed by atoms with Gasteiger partial charge in [0.25, 0.3) is 11.5 Å². The van der Waals surface area contributed by atoms with E-state index in [2.05, 4.69) is 15.0 Å². The Hall–Kier alpha value is -3.21. The zero-order valence-electron chi connectivity index (χ0n) is 14.7. The molecule has 1 aromatic carbocycles. The number of benzene rings is 1. The molecule has 0 N–H and O–H groups in total. The van der Waals surface area contributed by atoms with Crippen molar-refractivity contribution in [1.29, 1.82) is 0 Å². The molecule has 0 saturated carbocycles. The standard InChI is InChI=1S/C16H14F3N5O4/c1-27-12(28-2)8-24-13(9-3-5-10(6-4-9)16(17,18)19)21-7-11(15(24)26)14(25)22-23-20/h3-7,12H,8H2,1-2H3. The summed E-state index contributed by atoms with van der Waals surface area (Å²) in [5, 5.41) is 2.86. The summed E-state index contributed by atoms with van der Waals surface area (Å²) >= 11 is 0. The summed E-state index contributed by atoms with van der Waals surface area (Å²) in [4.78, 5) is 30.8. The zero-order chi connectivity index (χ0) is 20.9. The van der Waals surface area contributed by atoms with Crippen LogP contribution in [-0.4, -0.2) is 36.0 Å². The SMILES string of the molecule is COC(Cn1c(-c2ccc(C(F)(F)F)cc2)ncc(C(=O)N=[N+]=[N-])c1=O)OC. The van der Waals surface area contributed by atoms with Gasteiger partial charge in [-0.15, -0.1) is 0 Å². The highest BCUT2D eigenvalue weighted by atomic mass is 19.4. The van der Waals surface area contributed by atoms with Gasteiger partial charge in [0, 0.05) is 30.9 Å². The van der Waals surface area contributed by atoms with Crippen LogP contribution in [0.1, 0.15) is 15.9 Å². The van der Waals surface area contributed by atoms with E-state index in [0.29, 0.717) is 0 Å². The summed E-state index contributed by atoms with van der Waals surface area (Å²) < 4.78 is 49.4. The third kappa shape index (κ3) is 4.55. The second-order valence-corrected chi connectivity index (χ2v) is 5.38.